The van der Waals surface area contributed by atoms with Crippen LogP contribution in [0.15, 0.2) is 54.6 Å². The number of carbonyl (C=O) groups is 1. The summed E-state index contributed by atoms with van der Waals surface area (Å²) in [5, 5.41) is 2.38. The van der Waals surface area contributed by atoms with Crippen molar-refractivity contribution in [3.8, 4) is 0 Å². The fourth-order valence-electron chi connectivity index (χ4n) is 1.73. The van der Waals surface area contributed by atoms with Crippen LogP contribution < -0.4 is 5.32 Å². The van der Waals surface area contributed by atoms with E-state index >= 15 is 0 Å². The van der Waals surface area contributed by atoms with Crippen LogP contribution in [0.1, 0.15) is 11.1 Å². The molecule has 2 rings (SSSR count). The molecular formula is C14H13NOS. The highest BCUT2D eigenvalue weighted by Crippen LogP contribution is 2.19. The maximum Gasteiger partial charge on any atom is 0.280 e. The van der Waals surface area contributed by atoms with Gasteiger partial charge >= 0.3 is 0 Å². The van der Waals surface area contributed by atoms with Gasteiger partial charge in [0.05, 0.1) is 0 Å². The van der Waals surface area contributed by atoms with Crippen LogP contribution in [0.25, 0.3) is 0 Å². The number of rotatable bonds is 3. The summed E-state index contributed by atoms with van der Waals surface area (Å²) in [6.07, 6.45) is 0.797. The predicted octanol–water partition coefficient (Wildman–Crippen LogP) is 3.74. The SMILES string of the molecule is O=C(S)Nc1ccccc1Cc1ccccc1. The Kier molecular flexibility index (Phi) is 3.83. The monoisotopic (exact) mass is 243 g/mol. The average molecular weight is 243 g/mol. The number of anilines is 1. The van der Waals surface area contributed by atoms with E-state index in [1.54, 1.807) is 0 Å². The summed E-state index contributed by atoms with van der Waals surface area (Å²) in [4.78, 5) is 11.0. The fourth-order valence-corrected chi connectivity index (χ4v) is 1.85. The van der Waals surface area contributed by atoms with Crippen LogP contribution in [0.3, 0.4) is 0 Å². The van der Waals surface area contributed by atoms with E-state index < -0.39 is 0 Å². The second-order valence-electron chi connectivity index (χ2n) is 3.75. The van der Waals surface area contributed by atoms with Crippen molar-refractivity contribution < 1.29 is 4.79 Å². The van der Waals surface area contributed by atoms with Gasteiger partial charge in [0.2, 0.25) is 0 Å². The van der Waals surface area contributed by atoms with Gasteiger partial charge in [0.15, 0.2) is 0 Å². The van der Waals surface area contributed by atoms with Gasteiger partial charge in [0, 0.05) is 5.69 Å². The molecule has 0 fully saturated rings. The molecular weight excluding hydrogens is 230 g/mol. The maximum absolute atomic E-state index is 11.0. The summed E-state index contributed by atoms with van der Waals surface area (Å²) in [5.74, 6) is 0. The number of amides is 1. The number of thiol groups is 1. The van der Waals surface area contributed by atoms with Crippen molar-refractivity contribution in [1.29, 1.82) is 0 Å². The van der Waals surface area contributed by atoms with Gasteiger partial charge in [-0.25, -0.2) is 0 Å². The predicted molar refractivity (Wildman–Crippen MR) is 73.7 cm³/mol. The smallest absolute Gasteiger partial charge is 0.280 e. The minimum atomic E-state index is -0.342. The summed E-state index contributed by atoms with van der Waals surface area (Å²) >= 11 is 3.73. The Morgan fingerprint density at radius 3 is 2.35 bits per heavy atom. The lowest BCUT2D eigenvalue weighted by Crippen LogP contribution is -2.04. The molecule has 0 saturated heterocycles. The van der Waals surface area contributed by atoms with Crippen molar-refractivity contribution in [1.82, 2.24) is 0 Å². The zero-order valence-electron chi connectivity index (χ0n) is 9.26. The minimum Gasteiger partial charge on any atom is -0.317 e. The molecule has 0 spiro atoms. The third kappa shape index (κ3) is 3.36. The lowest BCUT2D eigenvalue weighted by molar-refractivity contribution is 0.270. The summed E-state index contributed by atoms with van der Waals surface area (Å²) < 4.78 is 0. The van der Waals surface area contributed by atoms with E-state index in [1.165, 1.54) is 5.56 Å². The summed E-state index contributed by atoms with van der Waals surface area (Å²) in [6.45, 7) is 0. The lowest BCUT2D eigenvalue weighted by atomic mass is 10.0. The van der Waals surface area contributed by atoms with Gasteiger partial charge in [-0.2, -0.15) is 0 Å². The summed E-state index contributed by atoms with van der Waals surface area (Å²) in [6, 6.07) is 17.9. The van der Waals surface area contributed by atoms with Gasteiger partial charge in [-0.1, -0.05) is 61.2 Å². The van der Waals surface area contributed by atoms with Crippen molar-refractivity contribution in [2.45, 2.75) is 6.42 Å². The first-order chi connectivity index (χ1) is 8.25. The van der Waals surface area contributed by atoms with E-state index in [9.17, 15) is 4.79 Å². The molecule has 2 nitrogen and oxygen atoms in total. The van der Waals surface area contributed by atoms with E-state index in [4.69, 9.17) is 0 Å². The van der Waals surface area contributed by atoms with E-state index in [2.05, 4.69) is 30.1 Å². The van der Waals surface area contributed by atoms with Crippen molar-refractivity contribution in [3.63, 3.8) is 0 Å². The Bertz CT molecular complexity index is 511. The quantitative estimate of drug-likeness (QED) is 0.790. The van der Waals surface area contributed by atoms with E-state index in [0.29, 0.717) is 0 Å². The molecule has 86 valence electrons. The van der Waals surface area contributed by atoms with Crippen molar-refractivity contribution >= 4 is 23.6 Å². The molecule has 17 heavy (non-hydrogen) atoms. The molecule has 0 unspecified atom stereocenters. The number of hydrogen-bond donors (Lipinski definition) is 2. The first-order valence-corrected chi connectivity index (χ1v) is 5.82. The Morgan fingerprint density at radius 1 is 1.00 bits per heavy atom. The van der Waals surface area contributed by atoms with Crippen LogP contribution in [0.4, 0.5) is 10.5 Å². The second kappa shape index (κ2) is 5.55. The molecule has 0 radical (unpaired) electrons. The van der Waals surface area contributed by atoms with E-state index in [-0.39, 0.29) is 5.24 Å². The number of nitrogens with one attached hydrogen (secondary N) is 1. The largest absolute Gasteiger partial charge is 0.317 e. The molecule has 0 atom stereocenters. The zero-order valence-corrected chi connectivity index (χ0v) is 10.2. The molecule has 2 aromatic carbocycles. The van der Waals surface area contributed by atoms with Crippen LogP contribution in [-0.4, -0.2) is 5.24 Å². The van der Waals surface area contributed by atoms with Gasteiger partial charge < -0.3 is 5.32 Å². The van der Waals surface area contributed by atoms with E-state index in [0.717, 1.165) is 17.7 Å². The van der Waals surface area contributed by atoms with Gasteiger partial charge in [0.1, 0.15) is 0 Å². The Balaban J connectivity index is 2.23. The fraction of sp³-hybridized carbons (Fsp3) is 0.0714. The highest BCUT2D eigenvalue weighted by atomic mass is 32.1. The third-order valence-corrected chi connectivity index (χ3v) is 2.61. The summed E-state index contributed by atoms with van der Waals surface area (Å²) in [5.41, 5.74) is 3.12. The second-order valence-corrected chi connectivity index (χ2v) is 4.16. The lowest BCUT2D eigenvalue weighted by Gasteiger charge is -2.09. The molecule has 0 heterocycles. The molecule has 0 aromatic heterocycles. The Morgan fingerprint density at radius 2 is 1.65 bits per heavy atom. The maximum atomic E-state index is 11.0. The standard InChI is InChI=1S/C14H13NOS/c16-14(17)15-13-9-5-4-8-12(13)10-11-6-2-1-3-7-11/h1-9H,10H2,(H2,15,16,17). The Labute approximate surface area is 106 Å². The molecule has 0 bridgehead atoms. The van der Waals surface area contributed by atoms with E-state index in [1.807, 2.05) is 42.5 Å². The number of hydrogen-bond acceptors (Lipinski definition) is 1. The molecule has 0 aliphatic carbocycles. The van der Waals surface area contributed by atoms with Crippen LogP contribution >= 0.6 is 12.6 Å². The summed E-state index contributed by atoms with van der Waals surface area (Å²) in [7, 11) is 0. The van der Waals surface area contributed by atoms with Gasteiger partial charge in [-0.15, -0.1) is 0 Å². The highest BCUT2D eigenvalue weighted by molar-refractivity contribution is 7.96. The Hall–Kier alpha value is -1.74. The van der Waals surface area contributed by atoms with Gasteiger partial charge in [-0.05, 0) is 23.6 Å². The molecule has 0 aliphatic heterocycles. The third-order valence-electron chi connectivity index (χ3n) is 2.50. The van der Waals surface area contributed by atoms with Gasteiger partial charge in [0.25, 0.3) is 5.24 Å². The topological polar surface area (TPSA) is 29.1 Å². The number of carbonyl (C=O) groups excluding carboxylic acids is 1. The normalized spacial score (nSPS) is 9.94. The zero-order chi connectivity index (χ0) is 12.1. The average Bonchev–Trinajstić information content (AvgIpc) is 2.32. The highest BCUT2D eigenvalue weighted by Gasteiger charge is 2.04. The molecule has 0 saturated carbocycles. The molecule has 2 aromatic rings. The van der Waals surface area contributed by atoms with Crippen LogP contribution in [0.5, 0.6) is 0 Å². The molecule has 3 heteroatoms. The number of benzene rings is 2. The van der Waals surface area contributed by atoms with Gasteiger partial charge in [-0.3, -0.25) is 4.79 Å². The van der Waals surface area contributed by atoms with Crippen LogP contribution in [-0.2, 0) is 6.42 Å². The minimum absolute atomic E-state index is 0.342. The first-order valence-electron chi connectivity index (χ1n) is 5.37. The van der Waals surface area contributed by atoms with Crippen molar-refractivity contribution in [2.75, 3.05) is 5.32 Å². The van der Waals surface area contributed by atoms with Crippen molar-refractivity contribution in [2.24, 2.45) is 0 Å². The first kappa shape index (κ1) is 11.7. The molecule has 1 N–H and O–H groups in total. The molecule has 1 amide bonds. The van der Waals surface area contributed by atoms with Crippen LogP contribution in [0, 0.1) is 0 Å². The molecule has 0 aliphatic rings. The van der Waals surface area contributed by atoms with Crippen LogP contribution in [0.2, 0.25) is 0 Å². The van der Waals surface area contributed by atoms with Crippen molar-refractivity contribution in [3.05, 3.63) is 65.7 Å². The number of para-hydroxylation sites is 1.